The molecule has 10 heteroatoms. The maximum Gasteiger partial charge on any atom is 0.246 e. The number of hydrogen-bond donors (Lipinski definition) is 3. The van der Waals surface area contributed by atoms with E-state index in [1.54, 1.807) is 18.2 Å². The second kappa shape index (κ2) is 8.66. The zero-order valence-corrected chi connectivity index (χ0v) is 17.8. The highest BCUT2D eigenvalue weighted by Crippen LogP contribution is 2.32. The van der Waals surface area contributed by atoms with E-state index in [1.807, 2.05) is 25.1 Å². The fourth-order valence-electron chi connectivity index (χ4n) is 3.08. The van der Waals surface area contributed by atoms with Crippen LogP contribution in [0.15, 0.2) is 53.6 Å². The van der Waals surface area contributed by atoms with Crippen molar-refractivity contribution >= 4 is 33.2 Å². The van der Waals surface area contributed by atoms with Gasteiger partial charge in [-0.25, -0.2) is 29.4 Å². The topological polar surface area (TPSA) is 136 Å². The normalized spacial score (nSPS) is 11.2. The Hall–Kier alpha value is -3.21. The van der Waals surface area contributed by atoms with E-state index in [1.165, 1.54) is 29.9 Å². The van der Waals surface area contributed by atoms with Gasteiger partial charge in [-0.2, -0.15) is 4.98 Å². The smallest absolute Gasteiger partial charge is 0.246 e. The Morgan fingerprint density at radius 3 is 2.60 bits per heavy atom. The first kappa shape index (κ1) is 21.5. The molecule has 0 atom stereocenters. The molecule has 3 aromatic rings. The standard InChI is InChI=1S/C20H24N6O3S/c1-4-14-8-9-15(12-13(14)2)26(21)20-23-11-10-18(25-20)24-16-6-5-7-17(29-3)19(16)30(22,27)28/h5-12H,4,21H2,1-3H3,(H2,22,27,28)(H,23,24,25). The van der Waals surface area contributed by atoms with E-state index in [9.17, 15) is 8.42 Å². The molecule has 158 valence electrons. The Balaban J connectivity index is 1.95. The van der Waals surface area contributed by atoms with Crippen molar-refractivity contribution in [2.24, 2.45) is 11.0 Å². The maximum absolute atomic E-state index is 12.1. The van der Waals surface area contributed by atoms with Gasteiger partial charge in [0.15, 0.2) is 0 Å². The van der Waals surface area contributed by atoms with Crippen molar-refractivity contribution in [2.75, 3.05) is 17.4 Å². The average Bonchev–Trinajstić information content (AvgIpc) is 2.72. The van der Waals surface area contributed by atoms with E-state index in [4.69, 9.17) is 15.7 Å². The van der Waals surface area contributed by atoms with Gasteiger partial charge in [-0.05, 0) is 54.8 Å². The number of methoxy groups -OCH3 is 1. The lowest BCUT2D eigenvalue weighted by molar-refractivity contribution is 0.403. The molecule has 0 unspecified atom stereocenters. The fourth-order valence-corrected chi connectivity index (χ4v) is 3.94. The Labute approximate surface area is 175 Å². The molecule has 0 saturated heterocycles. The number of hydrazine groups is 1. The number of hydrogen-bond acceptors (Lipinski definition) is 8. The van der Waals surface area contributed by atoms with Gasteiger partial charge in [0.1, 0.15) is 16.5 Å². The molecule has 1 aromatic heterocycles. The molecule has 2 aromatic carbocycles. The third-order valence-corrected chi connectivity index (χ3v) is 5.58. The van der Waals surface area contributed by atoms with E-state index >= 15 is 0 Å². The first-order valence-electron chi connectivity index (χ1n) is 9.18. The van der Waals surface area contributed by atoms with Gasteiger partial charge in [-0.15, -0.1) is 0 Å². The zero-order valence-electron chi connectivity index (χ0n) is 17.0. The van der Waals surface area contributed by atoms with Crippen molar-refractivity contribution < 1.29 is 13.2 Å². The van der Waals surface area contributed by atoms with Crippen molar-refractivity contribution in [1.29, 1.82) is 0 Å². The molecule has 5 N–H and O–H groups in total. The summed E-state index contributed by atoms with van der Waals surface area (Å²) in [5.74, 6) is 6.94. The molecule has 0 aliphatic rings. The van der Waals surface area contributed by atoms with Crippen LogP contribution in [0.2, 0.25) is 0 Å². The number of nitrogens with zero attached hydrogens (tertiary/aromatic N) is 3. The van der Waals surface area contributed by atoms with Gasteiger partial charge in [0.05, 0.1) is 18.5 Å². The summed E-state index contributed by atoms with van der Waals surface area (Å²) in [4.78, 5) is 8.45. The van der Waals surface area contributed by atoms with Gasteiger partial charge in [0, 0.05) is 6.20 Å². The molecule has 0 amide bonds. The number of nitrogens with two attached hydrogens (primary N) is 2. The predicted octanol–water partition coefficient (Wildman–Crippen LogP) is 2.76. The number of primary sulfonamides is 1. The summed E-state index contributed by atoms with van der Waals surface area (Å²) in [5.41, 5.74) is 3.31. The third kappa shape index (κ3) is 4.51. The van der Waals surface area contributed by atoms with Gasteiger partial charge in [-0.3, -0.25) is 0 Å². The number of nitrogens with one attached hydrogen (secondary N) is 1. The summed E-state index contributed by atoms with van der Waals surface area (Å²) in [7, 11) is -2.67. The molecule has 1 heterocycles. The lowest BCUT2D eigenvalue weighted by atomic mass is 10.1. The fraction of sp³-hybridized carbons (Fsp3) is 0.200. The van der Waals surface area contributed by atoms with E-state index in [0.29, 0.717) is 5.82 Å². The van der Waals surface area contributed by atoms with Crippen LogP contribution < -0.4 is 26.0 Å². The van der Waals surface area contributed by atoms with Crippen LogP contribution in [-0.4, -0.2) is 25.5 Å². The van der Waals surface area contributed by atoms with Crippen LogP contribution in [0.25, 0.3) is 0 Å². The number of aromatic nitrogens is 2. The van der Waals surface area contributed by atoms with Crippen LogP contribution >= 0.6 is 0 Å². The first-order valence-corrected chi connectivity index (χ1v) is 10.7. The van der Waals surface area contributed by atoms with E-state index in [0.717, 1.165) is 17.7 Å². The molecule has 0 aliphatic heterocycles. The second-order valence-corrected chi connectivity index (χ2v) is 8.08. The highest BCUT2D eigenvalue weighted by molar-refractivity contribution is 7.89. The minimum absolute atomic E-state index is 0.128. The molecule has 3 rings (SSSR count). The highest BCUT2D eigenvalue weighted by Gasteiger charge is 2.20. The average molecular weight is 429 g/mol. The molecule has 0 saturated carbocycles. The first-order chi connectivity index (χ1) is 14.2. The molecule has 0 fully saturated rings. The van der Waals surface area contributed by atoms with E-state index in [2.05, 4.69) is 22.2 Å². The number of sulfonamides is 1. The van der Waals surface area contributed by atoms with Gasteiger partial charge in [-0.1, -0.05) is 19.1 Å². The van der Waals surface area contributed by atoms with Crippen LogP contribution in [0.5, 0.6) is 5.75 Å². The summed E-state index contributed by atoms with van der Waals surface area (Å²) < 4.78 is 29.3. The van der Waals surface area contributed by atoms with Gasteiger partial charge < -0.3 is 10.1 Å². The molecule has 0 spiro atoms. The number of anilines is 4. The highest BCUT2D eigenvalue weighted by atomic mass is 32.2. The Kier molecular flexibility index (Phi) is 6.20. The number of ether oxygens (including phenoxy) is 1. The Bertz CT molecular complexity index is 1170. The summed E-state index contributed by atoms with van der Waals surface area (Å²) in [6.45, 7) is 4.11. The van der Waals surface area contributed by atoms with Crippen molar-refractivity contribution in [3.63, 3.8) is 0 Å². The Morgan fingerprint density at radius 1 is 1.20 bits per heavy atom. The maximum atomic E-state index is 12.1. The van der Waals surface area contributed by atoms with Crippen LogP contribution in [0.4, 0.5) is 23.1 Å². The third-order valence-electron chi connectivity index (χ3n) is 4.59. The van der Waals surface area contributed by atoms with Crippen LogP contribution in [-0.2, 0) is 16.4 Å². The Morgan fingerprint density at radius 2 is 1.97 bits per heavy atom. The van der Waals surface area contributed by atoms with Gasteiger partial charge in [0.2, 0.25) is 16.0 Å². The quantitative estimate of drug-likeness (QED) is 0.386. The van der Waals surface area contributed by atoms with E-state index in [-0.39, 0.29) is 22.3 Å². The lowest BCUT2D eigenvalue weighted by Crippen LogP contribution is -2.27. The van der Waals surface area contributed by atoms with E-state index < -0.39 is 10.0 Å². The van der Waals surface area contributed by atoms with Crippen LogP contribution in [0.3, 0.4) is 0 Å². The van der Waals surface area contributed by atoms with Crippen LogP contribution in [0.1, 0.15) is 18.1 Å². The minimum Gasteiger partial charge on any atom is -0.495 e. The van der Waals surface area contributed by atoms with Crippen molar-refractivity contribution in [2.45, 2.75) is 25.2 Å². The molecule has 0 radical (unpaired) electrons. The van der Waals surface area contributed by atoms with Gasteiger partial charge in [0.25, 0.3) is 0 Å². The van der Waals surface area contributed by atoms with Crippen LogP contribution in [0, 0.1) is 6.92 Å². The molecule has 0 bridgehead atoms. The molecular formula is C20H24N6O3S. The predicted molar refractivity (Wildman–Crippen MR) is 117 cm³/mol. The minimum atomic E-state index is -4.04. The summed E-state index contributed by atoms with van der Waals surface area (Å²) >= 11 is 0. The number of rotatable bonds is 7. The molecule has 30 heavy (non-hydrogen) atoms. The van der Waals surface area contributed by atoms with Crippen molar-refractivity contribution in [3.05, 3.63) is 59.8 Å². The number of aryl methyl sites for hydroxylation is 2. The lowest BCUT2D eigenvalue weighted by Gasteiger charge is -2.19. The van der Waals surface area contributed by atoms with Crippen molar-refractivity contribution in [1.82, 2.24) is 9.97 Å². The summed E-state index contributed by atoms with van der Waals surface area (Å²) in [6.07, 6.45) is 2.45. The second-order valence-electron chi connectivity index (χ2n) is 6.58. The SMILES string of the molecule is CCc1ccc(N(N)c2nccc(Nc3cccc(OC)c3S(N)(=O)=O)n2)cc1C. The molecular weight excluding hydrogens is 404 g/mol. The zero-order chi connectivity index (χ0) is 21.9. The molecule has 0 aliphatic carbocycles. The monoisotopic (exact) mass is 428 g/mol. The molecule has 9 nitrogen and oxygen atoms in total. The largest absolute Gasteiger partial charge is 0.495 e. The number of benzene rings is 2. The van der Waals surface area contributed by atoms with Crippen molar-refractivity contribution in [3.8, 4) is 5.75 Å². The summed E-state index contributed by atoms with van der Waals surface area (Å²) in [5, 5.41) is 9.69. The van der Waals surface area contributed by atoms with Gasteiger partial charge >= 0.3 is 0 Å². The summed E-state index contributed by atoms with van der Waals surface area (Å²) in [6, 6.07) is 12.2.